The van der Waals surface area contributed by atoms with Gasteiger partial charge >= 0.3 is 12.1 Å². The summed E-state index contributed by atoms with van der Waals surface area (Å²) in [6.07, 6.45) is 0.948. The quantitative estimate of drug-likeness (QED) is 0.767. The van der Waals surface area contributed by atoms with Crippen LogP contribution in [0.2, 0.25) is 0 Å². The molecule has 7 heteroatoms. The Hall–Kier alpha value is -1.79. The highest BCUT2D eigenvalue weighted by atomic mass is 16.6. The molecule has 1 heterocycles. The van der Waals surface area contributed by atoms with Crippen molar-refractivity contribution in [1.29, 1.82) is 0 Å². The maximum Gasteiger partial charge on any atom is 0.408 e. The van der Waals surface area contributed by atoms with Crippen molar-refractivity contribution in [3.63, 3.8) is 0 Å². The van der Waals surface area contributed by atoms with E-state index in [2.05, 4.69) is 10.6 Å². The van der Waals surface area contributed by atoms with Gasteiger partial charge < -0.3 is 20.1 Å². The third kappa shape index (κ3) is 6.46. The number of methoxy groups -OCH3 is 1. The molecule has 1 aliphatic heterocycles. The van der Waals surface area contributed by atoms with Gasteiger partial charge in [0.05, 0.1) is 7.11 Å². The molecular formula is C16H28N2O5. The summed E-state index contributed by atoms with van der Waals surface area (Å²) in [5.41, 5.74) is -0.913. The summed E-state index contributed by atoms with van der Waals surface area (Å²) in [5, 5.41) is 5.42. The van der Waals surface area contributed by atoms with Gasteiger partial charge in [0, 0.05) is 11.5 Å². The zero-order valence-corrected chi connectivity index (χ0v) is 14.8. The fourth-order valence-corrected chi connectivity index (χ4v) is 2.48. The molecule has 0 aliphatic carbocycles. The first kappa shape index (κ1) is 19.3. The van der Waals surface area contributed by atoms with Gasteiger partial charge in [-0.2, -0.15) is 0 Å². The number of alkyl carbamates (subject to hydrolysis) is 1. The second-order valence-electron chi connectivity index (χ2n) is 7.57. The Bertz CT molecular complexity index is 468. The topological polar surface area (TPSA) is 93.7 Å². The third-order valence-electron chi connectivity index (χ3n) is 3.65. The summed E-state index contributed by atoms with van der Waals surface area (Å²) in [7, 11) is 1.25. The van der Waals surface area contributed by atoms with Crippen LogP contribution in [0.15, 0.2) is 0 Å². The average molecular weight is 328 g/mol. The molecule has 0 radical (unpaired) electrons. The van der Waals surface area contributed by atoms with E-state index in [4.69, 9.17) is 9.47 Å². The van der Waals surface area contributed by atoms with Crippen LogP contribution in [-0.4, -0.2) is 42.3 Å². The fourth-order valence-electron chi connectivity index (χ4n) is 2.48. The molecule has 1 fully saturated rings. The second kappa shape index (κ2) is 7.19. The Kier molecular flexibility index (Phi) is 6.02. The van der Waals surface area contributed by atoms with Gasteiger partial charge in [-0.25, -0.2) is 9.59 Å². The van der Waals surface area contributed by atoms with Crippen LogP contribution in [-0.2, 0) is 19.1 Å². The van der Waals surface area contributed by atoms with E-state index >= 15 is 0 Å². The van der Waals surface area contributed by atoms with E-state index < -0.39 is 23.7 Å². The number of amides is 2. The Morgan fingerprint density at radius 2 is 2.00 bits per heavy atom. The molecule has 2 atom stereocenters. The van der Waals surface area contributed by atoms with E-state index in [-0.39, 0.29) is 23.8 Å². The van der Waals surface area contributed by atoms with Crippen LogP contribution in [0.25, 0.3) is 0 Å². The largest absolute Gasteiger partial charge is 0.467 e. The van der Waals surface area contributed by atoms with Gasteiger partial charge in [-0.15, -0.1) is 0 Å². The molecule has 0 bridgehead atoms. The van der Waals surface area contributed by atoms with E-state index in [0.29, 0.717) is 6.42 Å². The molecule has 0 aromatic rings. The molecule has 7 nitrogen and oxygen atoms in total. The van der Waals surface area contributed by atoms with Crippen molar-refractivity contribution in [2.24, 2.45) is 5.92 Å². The molecule has 2 amide bonds. The molecular weight excluding hydrogens is 300 g/mol. The second-order valence-corrected chi connectivity index (χ2v) is 7.57. The fraction of sp³-hybridized carbons (Fsp3) is 0.812. The first-order chi connectivity index (χ1) is 10.4. The van der Waals surface area contributed by atoms with E-state index in [1.165, 1.54) is 7.11 Å². The number of esters is 1. The maximum absolute atomic E-state index is 12.2. The van der Waals surface area contributed by atoms with E-state index in [9.17, 15) is 14.4 Å². The minimum atomic E-state index is -0.910. The zero-order chi connectivity index (χ0) is 17.8. The number of piperidine rings is 1. The lowest BCUT2D eigenvalue weighted by Gasteiger charge is -2.36. The van der Waals surface area contributed by atoms with Crippen LogP contribution in [0, 0.1) is 5.92 Å². The lowest BCUT2D eigenvalue weighted by Crippen LogP contribution is -2.53. The summed E-state index contributed by atoms with van der Waals surface area (Å²) in [4.78, 5) is 35.9. The van der Waals surface area contributed by atoms with Crippen LogP contribution in [0.4, 0.5) is 4.79 Å². The third-order valence-corrected chi connectivity index (χ3v) is 3.65. The molecule has 1 saturated heterocycles. The Labute approximate surface area is 137 Å². The van der Waals surface area contributed by atoms with Gasteiger partial charge in [0.15, 0.2) is 0 Å². The van der Waals surface area contributed by atoms with Crippen molar-refractivity contribution in [3.8, 4) is 0 Å². The van der Waals surface area contributed by atoms with Crippen molar-refractivity contribution in [2.75, 3.05) is 7.11 Å². The van der Waals surface area contributed by atoms with Gasteiger partial charge in [0.1, 0.15) is 11.6 Å². The van der Waals surface area contributed by atoms with Crippen molar-refractivity contribution in [2.45, 2.75) is 71.1 Å². The van der Waals surface area contributed by atoms with Crippen molar-refractivity contribution >= 4 is 18.0 Å². The summed E-state index contributed by atoms with van der Waals surface area (Å²) < 4.78 is 9.87. The molecule has 1 rings (SSSR count). The van der Waals surface area contributed by atoms with Crippen molar-refractivity contribution in [3.05, 3.63) is 0 Å². The maximum atomic E-state index is 12.2. The lowest BCUT2D eigenvalue weighted by molar-refractivity contribution is -0.144. The molecule has 132 valence electrons. The minimum absolute atomic E-state index is 0.110. The summed E-state index contributed by atoms with van der Waals surface area (Å²) in [6.45, 7) is 9.11. The number of carbonyl (C=O) groups is 3. The smallest absolute Gasteiger partial charge is 0.408 e. The Balaban J connectivity index is 2.71. The Morgan fingerprint density at radius 1 is 1.39 bits per heavy atom. The van der Waals surface area contributed by atoms with Crippen LogP contribution in [0.5, 0.6) is 0 Å². The van der Waals surface area contributed by atoms with Crippen LogP contribution >= 0.6 is 0 Å². The SMILES string of the molecule is COC(=O)[C@H](CC1CCC(C)(C)NC1=O)NC(=O)OC(C)(C)C. The van der Waals surface area contributed by atoms with Gasteiger partial charge in [-0.1, -0.05) is 0 Å². The molecule has 0 spiro atoms. The Morgan fingerprint density at radius 3 is 2.48 bits per heavy atom. The predicted octanol–water partition coefficient (Wildman–Crippen LogP) is 1.75. The van der Waals surface area contributed by atoms with Crippen LogP contribution < -0.4 is 10.6 Å². The van der Waals surface area contributed by atoms with E-state index in [1.54, 1.807) is 20.8 Å². The normalized spacial score (nSPS) is 21.8. The van der Waals surface area contributed by atoms with Gasteiger partial charge in [0.2, 0.25) is 5.91 Å². The molecule has 0 aromatic heterocycles. The van der Waals surface area contributed by atoms with Crippen molar-refractivity contribution < 1.29 is 23.9 Å². The summed E-state index contributed by atoms with van der Waals surface area (Å²) in [5.74, 6) is -1.04. The number of hydrogen-bond donors (Lipinski definition) is 2. The summed E-state index contributed by atoms with van der Waals surface area (Å²) in [6, 6.07) is -0.910. The standard InChI is InChI=1S/C16H28N2O5/c1-15(2,3)23-14(21)17-11(13(20)22-6)9-10-7-8-16(4,5)18-12(10)19/h10-11H,7-9H2,1-6H3,(H,17,21)(H,18,19)/t10?,11-/m0/s1. The molecule has 2 N–H and O–H groups in total. The number of rotatable bonds is 4. The van der Waals surface area contributed by atoms with Crippen LogP contribution in [0.3, 0.4) is 0 Å². The first-order valence-corrected chi connectivity index (χ1v) is 7.83. The van der Waals surface area contributed by atoms with Gasteiger partial charge in [0.25, 0.3) is 0 Å². The molecule has 1 unspecified atom stereocenters. The monoisotopic (exact) mass is 328 g/mol. The summed E-state index contributed by atoms with van der Waals surface area (Å²) >= 11 is 0. The number of carbonyl (C=O) groups excluding carboxylic acids is 3. The van der Waals surface area contributed by atoms with E-state index in [1.807, 2.05) is 13.8 Å². The van der Waals surface area contributed by atoms with E-state index in [0.717, 1.165) is 6.42 Å². The molecule has 23 heavy (non-hydrogen) atoms. The molecule has 1 aliphatic rings. The van der Waals surface area contributed by atoms with Gasteiger partial charge in [-0.3, -0.25) is 4.79 Å². The number of ether oxygens (including phenoxy) is 2. The van der Waals surface area contributed by atoms with Crippen molar-refractivity contribution in [1.82, 2.24) is 10.6 Å². The highest BCUT2D eigenvalue weighted by Crippen LogP contribution is 2.26. The van der Waals surface area contributed by atoms with Gasteiger partial charge in [-0.05, 0) is 53.9 Å². The number of hydrogen-bond acceptors (Lipinski definition) is 5. The molecule has 0 saturated carbocycles. The highest BCUT2D eigenvalue weighted by Gasteiger charge is 2.36. The predicted molar refractivity (Wildman–Crippen MR) is 84.7 cm³/mol. The number of nitrogens with one attached hydrogen (secondary N) is 2. The molecule has 0 aromatic carbocycles. The average Bonchev–Trinajstić information content (AvgIpc) is 2.37. The minimum Gasteiger partial charge on any atom is -0.467 e. The zero-order valence-electron chi connectivity index (χ0n) is 14.8. The lowest BCUT2D eigenvalue weighted by atomic mass is 9.83. The van der Waals surface area contributed by atoms with Crippen LogP contribution in [0.1, 0.15) is 53.9 Å². The highest BCUT2D eigenvalue weighted by molar-refractivity contribution is 5.84. The first-order valence-electron chi connectivity index (χ1n) is 7.83.